The van der Waals surface area contributed by atoms with Crippen LogP contribution in [-0.2, 0) is 0 Å². The zero-order valence-corrected chi connectivity index (χ0v) is 10.6. The number of nitrogens with two attached hydrogens (primary N) is 1. The van der Waals surface area contributed by atoms with E-state index in [0.717, 1.165) is 12.8 Å². The minimum atomic E-state index is -0.0942. The molecule has 0 spiro atoms. The fourth-order valence-electron chi connectivity index (χ4n) is 2.55. The molecule has 1 aromatic rings. The molecule has 1 fully saturated rings. The number of aromatic nitrogens is 2. The van der Waals surface area contributed by atoms with Crippen LogP contribution in [0, 0.1) is 5.41 Å². The van der Waals surface area contributed by atoms with Crippen molar-refractivity contribution in [2.75, 3.05) is 13.1 Å². The Morgan fingerprint density at radius 1 is 1.33 bits per heavy atom. The van der Waals surface area contributed by atoms with Crippen LogP contribution in [0.5, 0.6) is 0 Å². The first-order valence-corrected chi connectivity index (χ1v) is 6.51. The molecule has 0 radical (unpaired) electrons. The largest absolute Gasteiger partial charge is 0.351 e. The lowest BCUT2D eigenvalue weighted by molar-refractivity contribution is 0.0913. The van der Waals surface area contributed by atoms with Gasteiger partial charge in [0, 0.05) is 6.54 Å². The summed E-state index contributed by atoms with van der Waals surface area (Å²) in [4.78, 5) is 11.9. The van der Waals surface area contributed by atoms with Gasteiger partial charge in [0.05, 0.1) is 18.0 Å². The van der Waals surface area contributed by atoms with Crippen molar-refractivity contribution in [2.24, 2.45) is 11.1 Å². The van der Waals surface area contributed by atoms with E-state index in [1.807, 2.05) is 0 Å². The van der Waals surface area contributed by atoms with E-state index in [0.29, 0.717) is 18.7 Å². The molecule has 0 bridgehead atoms. The first-order chi connectivity index (χ1) is 8.76. The molecular formula is C13H20N4O. The second-order valence-electron chi connectivity index (χ2n) is 5.08. The quantitative estimate of drug-likeness (QED) is 0.836. The van der Waals surface area contributed by atoms with Crippen molar-refractivity contribution in [1.29, 1.82) is 0 Å². The summed E-state index contributed by atoms with van der Waals surface area (Å²) in [7, 11) is 0. The van der Waals surface area contributed by atoms with Crippen molar-refractivity contribution in [1.82, 2.24) is 15.5 Å². The maximum absolute atomic E-state index is 11.9. The fourth-order valence-corrected chi connectivity index (χ4v) is 2.55. The number of rotatable bonds is 4. The Kier molecular flexibility index (Phi) is 4.25. The molecule has 0 aliphatic heterocycles. The Balaban J connectivity index is 1.92. The second-order valence-corrected chi connectivity index (χ2v) is 5.08. The van der Waals surface area contributed by atoms with Gasteiger partial charge in [0.15, 0.2) is 0 Å². The van der Waals surface area contributed by atoms with Crippen LogP contribution in [0.25, 0.3) is 0 Å². The van der Waals surface area contributed by atoms with Crippen LogP contribution in [-0.4, -0.2) is 29.2 Å². The summed E-state index contributed by atoms with van der Waals surface area (Å²) >= 11 is 0. The summed E-state index contributed by atoms with van der Waals surface area (Å²) in [5, 5.41) is 10.3. The fraction of sp³-hybridized carbons (Fsp3) is 0.615. The van der Waals surface area contributed by atoms with Crippen molar-refractivity contribution < 1.29 is 4.79 Å². The van der Waals surface area contributed by atoms with Gasteiger partial charge in [-0.1, -0.05) is 19.3 Å². The molecule has 5 nitrogen and oxygen atoms in total. The predicted octanol–water partition coefficient (Wildman–Crippen LogP) is 1.12. The average Bonchev–Trinajstić information content (AvgIpc) is 2.47. The number of hydrogen-bond donors (Lipinski definition) is 2. The van der Waals surface area contributed by atoms with E-state index < -0.39 is 0 Å². The summed E-state index contributed by atoms with van der Waals surface area (Å²) in [6, 6.07) is 1.67. The number of nitrogens with zero attached hydrogens (tertiary/aromatic N) is 2. The monoisotopic (exact) mass is 248 g/mol. The van der Waals surface area contributed by atoms with Crippen LogP contribution < -0.4 is 11.1 Å². The van der Waals surface area contributed by atoms with Gasteiger partial charge in [-0.2, -0.15) is 10.2 Å². The van der Waals surface area contributed by atoms with Gasteiger partial charge in [-0.3, -0.25) is 4.79 Å². The van der Waals surface area contributed by atoms with Crippen LogP contribution in [0.1, 0.15) is 42.5 Å². The number of carbonyl (C=O) groups excluding carboxylic acids is 1. The van der Waals surface area contributed by atoms with Crippen LogP contribution >= 0.6 is 0 Å². The molecule has 0 saturated heterocycles. The summed E-state index contributed by atoms with van der Waals surface area (Å²) in [5.41, 5.74) is 6.53. The SMILES string of the molecule is NCC1(CNC(=O)c2ccnnc2)CCCCC1. The normalized spacial score (nSPS) is 18.3. The molecule has 1 aliphatic rings. The highest BCUT2D eigenvalue weighted by Gasteiger charge is 2.30. The lowest BCUT2D eigenvalue weighted by atomic mass is 9.74. The first kappa shape index (κ1) is 13.0. The van der Waals surface area contributed by atoms with E-state index in [9.17, 15) is 4.79 Å². The van der Waals surface area contributed by atoms with Gasteiger partial charge in [0.1, 0.15) is 0 Å². The molecule has 1 aromatic heterocycles. The number of nitrogens with one attached hydrogen (secondary N) is 1. The third kappa shape index (κ3) is 3.04. The molecule has 98 valence electrons. The molecule has 0 aromatic carbocycles. The summed E-state index contributed by atoms with van der Waals surface area (Å²) in [6.45, 7) is 1.30. The molecule has 5 heteroatoms. The topological polar surface area (TPSA) is 80.9 Å². The van der Waals surface area contributed by atoms with E-state index in [-0.39, 0.29) is 11.3 Å². The van der Waals surface area contributed by atoms with Crippen LogP contribution in [0.15, 0.2) is 18.5 Å². The van der Waals surface area contributed by atoms with E-state index in [4.69, 9.17) is 5.73 Å². The average molecular weight is 248 g/mol. The van der Waals surface area contributed by atoms with Crippen molar-refractivity contribution in [3.05, 3.63) is 24.0 Å². The molecule has 0 atom stereocenters. The predicted molar refractivity (Wildman–Crippen MR) is 68.9 cm³/mol. The highest BCUT2D eigenvalue weighted by atomic mass is 16.1. The third-order valence-electron chi connectivity index (χ3n) is 3.82. The standard InChI is InChI=1S/C13H20N4O/c14-9-13(5-2-1-3-6-13)10-15-12(18)11-4-7-16-17-8-11/h4,7-8H,1-3,5-6,9-10,14H2,(H,15,18). The zero-order chi connectivity index (χ0) is 12.8. The zero-order valence-electron chi connectivity index (χ0n) is 10.6. The number of amides is 1. The Hall–Kier alpha value is -1.49. The molecule has 3 N–H and O–H groups in total. The molecule has 0 unspecified atom stereocenters. The smallest absolute Gasteiger partial charge is 0.252 e. The van der Waals surface area contributed by atoms with Crippen molar-refractivity contribution >= 4 is 5.91 Å². The van der Waals surface area contributed by atoms with Gasteiger partial charge in [-0.05, 0) is 30.9 Å². The Bertz CT molecular complexity index is 387. The van der Waals surface area contributed by atoms with E-state index in [1.54, 1.807) is 6.07 Å². The van der Waals surface area contributed by atoms with Gasteiger partial charge >= 0.3 is 0 Å². The Labute approximate surface area is 107 Å². The van der Waals surface area contributed by atoms with Crippen LogP contribution in [0.3, 0.4) is 0 Å². The van der Waals surface area contributed by atoms with Crippen molar-refractivity contribution in [2.45, 2.75) is 32.1 Å². The summed E-state index contributed by atoms with van der Waals surface area (Å²) in [6.07, 6.45) is 8.92. The van der Waals surface area contributed by atoms with Gasteiger partial charge in [-0.25, -0.2) is 0 Å². The third-order valence-corrected chi connectivity index (χ3v) is 3.82. The highest BCUT2D eigenvalue weighted by molar-refractivity contribution is 5.93. The Morgan fingerprint density at radius 2 is 2.11 bits per heavy atom. The van der Waals surface area contributed by atoms with Gasteiger partial charge in [0.25, 0.3) is 5.91 Å². The number of carbonyl (C=O) groups is 1. The van der Waals surface area contributed by atoms with Gasteiger partial charge in [0.2, 0.25) is 0 Å². The molecule has 1 heterocycles. The van der Waals surface area contributed by atoms with Crippen LogP contribution in [0.4, 0.5) is 0 Å². The van der Waals surface area contributed by atoms with Crippen molar-refractivity contribution in [3.63, 3.8) is 0 Å². The van der Waals surface area contributed by atoms with E-state index in [2.05, 4.69) is 15.5 Å². The lowest BCUT2D eigenvalue weighted by Crippen LogP contribution is -2.43. The molecule has 2 rings (SSSR count). The molecular weight excluding hydrogens is 228 g/mol. The number of hydrogen-bond acceptors (Lipinski definition) is 4. The van der Waals surface area contributed by atoms with E-state index >= 15 is 0 Å². The summed E-state index contributed by atoms with van der Waals surface area (Å²) < 4.78 is 0. The maximum Gasteiger partial charge on any atom is 0.252 e. The second kappa shape index (κ2) is 5.91. The maximum atomic E-state index is 11.9. The minimum absolute atomic E-state index is 0.0916. The van der Waals surface area contributed by atoms with E-state index in [1.165, 1.54) is 31.7 Å². The summed E-state index contributed by atoms with van der Waals surface area (Å²) in [5.74, 6) is -0.0942. The molecule has 18 heavy (non-hydrogen) atoms. The Morgan fingerprint density at radius 3 is 2.72 bits per heavy atom. The molecule has 1 saturated carbocycles. The first-order valence-electron chi connectivity index (χ1n) is 6.51. The highest BCUT2D eigenvalue weighted by Crippen LogP contribution is 2.34. The van der Waals surface area contributed by atoms with Crippen molar-refractivity contribution in [3.8, 4) is 0 Å². The van der Waals surface area contributed by atoms with Gasteiger partial charge in [-0.15, -0.1) is 0 Å². The van der Waals surface area contributed by atoms with Gasteiger partial charge < -0.3 is 11.1 Å². The molecule has 1 amide bonds. The van der Waals surface area contributed by atoms with Crippen LogP contribution in [0.2, 0.25) is 0 Å². The minimum Gasteiger partial charge on any atom is -0.351 e. The lowest BCUT2D eigenvalue weighted by Gasteiger charge is -2.36. The molecule has 1 aliphatic carbocycles.